The molecule has 1 aliphatic heterocycles. The van der Waals surface area contributed by atoms with Gasteiger partial charge in [-0.15, -0.1) is 21.5 Å². The normalized spacial score (nSPS) is 17.1. The fourth-order valence-electron chi connectivity index (χ4n) is 4.08. The van der Waals surface area contributed by atoms with Crippen molar-refractivity contribution in [1.29, 1.82) is 0 Å². The molecule has 0 amide bonds. The number of ether oxygens (including phenoxy) is 1. The molecule has 1 atom stereocenters. The summed E-state index contributed by atoms with van der Waals surface area (Å²) in [5, 5.41) is 11.6. The Kier molecular flexibility index (Phi) is 4.91. The van der Waals surface area contributed by atoms with Crippen LogP contribution in [0, 0.1) is 0 Å². The molecule has 0 N–H and O–H groups in total. The van der Waals surface area contributed by atoms with E-state index in [1.54, 1.807) is 23.0 Å². The lowest BCUT2D eigenvalue weighted by atomic mass is 10.2. The second kappa shape index (κ2) is 7.70. The van der Waals surface area contributed by atoms with Crippen LogP contribution in [0.1, 0.15) is 23.5 Å². The smallest absolute Gasteiger partial charge is 0.262 e. The minimum atomic E-state index is -0.0538. The maximum Gasteiger partial charge on any atom is 0.262 e. The Morgan fingerprint density at radius 2 is 2.10 bits per heavy atom. The molecule has 4 aromatic rings. The topological polar surface area (TPSA) is 64.7 Å². The molecule has 0 spiro atoms. The third-order valence-electron chi connectivity index (χ3n) is 5.50. The van der Waals surface area contributed by atoms with Gasteiger partial charge in [-0.3, -0.25) is 18.7 Å². The molecule has 1 fully saturated rings. The van der Waals surface area contributed by atoms with E-state index in [1.807, 2.05) is 28.7 Å². The molecule has 1 aromatic carbocycles. The molecule has 3 aromatic heterocycles. The molecule has 0 bridgehead atoms. The highest BCUT2D eigenvalue weighted by Gasteiger charge is 2.22. The minimum Gasteiger partial charge on any atom is -0.377 e. The Hall–Kier alpha value is -2.55. The molecule has 0 saturated carbocycles. The van der Waals surface area contributed by atoms with Crippen molar-refractivity contribution in [3.05, 3.63) is 62.8 Å². The van der Waals surface area contributed by atoms with Crippen molar-refractivity contribution in [2.24, 2.45) is 7.05 Å². The monoisotopic (exact) mass is 409 g/mol. The maximum absolute atomic E-state index is 12.7. The first-order chi connectivity index (χ1) is 14.2. The van der Waals surface area contributed by atoms with Gasteiger partial charge in [0.25, 0.3) is 5.56 Å². The molecule has 0 radical (unpaired) electrons. The number of hydrogen-bond donors (Lipinski definition) is 0. The van der Waals surface area contributed by atoms with Crippen LogP contribution in [0.25, 0.3) is 16.7 Å². The first-order valence-corrected chi connectivity index (χ1v) is 10.8. The molecule has 8 heteroatoms. The average Bonchev–Trinajstić information content (AvgIpc) is 3.49. The summed E-state index contributed by atoms with van der Waals surface area (Å²) in [7, 11) is 1.75. The molecule has 4 heterocycles. The highest BCUT2D eigenvalue weighted by molar-refractivity contribution is 7.09. The van der Waals surface area contributed by atoms with E-state index in [1.165, 1.54) is 4.88 Å². The average molecular weight is 410 g/mol. The zero-order valence-electron chi connectivity index (χ0n) is 16.3. The van der Waals surface area contributed by atoms with Gasteiger partial charge >= 0.3 is 0 Å². The summed E-state index contributed by atoms with van der Waals surface area (Å²) < 4.78 is 9.47. The van der Waals surface area contributed by atoms with Gasteiger partial charge in [0.1, 0.15) is 0 Å². The SMILES string of the molecule is Cn1c(=O)c2ccccc2n2c(CN(Cc3cccs3)CC3CCCO3)nnc12. The van der Waals surface area contributed by atoms with E-state index in [2.05, 4.69) is 32.6 Å². The summed E-state index contributed by atoms with van der Waals surface area (Å²) in [4.78, 5) is 16.4. The number of thiophene rings is 1. The van der Waals surface area contributed by atoms with E-state index in [4.69, 9.17) is 4.74 Å². The number of aromatic nitrogens is 4. The Bertz CT molecular complexity index is 1190. The number of hydrogen-bond acceptors (Lipinski definition) is 6. The molecule has 7 nitrogen and oxygen atoms in total. The lowest BCUT2D eigenvalue weighted by molar-refractivity contribution is 0.0673. The van der Waals surface area contributed by atoms with Crippen molar-refractivity contribution in [2.75, 3.05) is 13.2 Å². The highest BCUT2D eigenvalue weighted by atomic mass is 32.1. The molecule has 1 aliphatic rings. The third-order valence-corrected chi connectivity index (χ3v) is 6.36. The lowest BCUT2D eigenvalue weighted by Crippen LogP contribution is -2.32. The zero-order chi connectivity index (χ0) is 19.8. The summed E-state index contributed by atoms with van der Waals surface area (Å²) in [6.45, 7) is 3.19. The van der Waals surface area contributed by atoms with Crippen LogP contribution in [0.2, 0.25) is 0 Å². The predicted octanol–water partition coefficient (Wildman–Crippen LogP) is 2.82. The second-order valence-corrected chi connectivity index (χ2v) is 8.55. The molecule has 0 aliphatic carbocycles. The van der Waals surface area contributed by atoms with E-state index in [9.17, 15) is 4.79 Å². The van der Waals surface area contributed by atoms with Gasteiger partial charge < -0.3 is 4.74 Å². The van der Waals surface area contributed by atoms with Gasteiger partial charge in [-0.05, 0) is 36.4 Å². The Labute approximate surface area is 172 Å². The Morgan fingerprint density at radius 3 is 2.90 bits per heavy atom. The summed E-state index contributed by atoms with van der Waals surface area (Å²) in [6, 6.07) is 11.9. The maximum atomic E-state index is 12.7. The van der Waals surface area contributed by atoms with E-state index < -0.39 is 0 Å². The van der Waals surface area contributed by atoms with Crippen LogP contribution >= 0.6 is 11.3 Å². The fraction of sp³-hybridized carbons (Fsp3) is 0.381. The van der Waals surface area contributed by atoms with E-state index >= 15 is 0 Å². The van der Waals surface area contributed by atoms with Gasteiger partial charge in [0.15, 0.2) is 5.82 Å². The number of rotatable bonds is 6. The highest BCUT2D eigenvalue weighted by Crippen LogP contribution is 2.20. The molecular weight excluding hydrogens is 386 g/mol. The number of nitrogens with zero attached hydrogens (tertiary/aromatic N) is 5. The van der Waals surface area contributed by atoms with Crippen molar-refractivity contribution >= 4 is 28.0 Å². The van der Waals surface area contributed by atoms with Crippen molar-refractivity contribution in [3.8, 4) is 0 Å². The van der Waals surface area contributed by atoms with E-state index in [0.29, 0.717) is 17.7 Å². The summed E-state index contributed by atoms with van der Waals surface area (Å²) in [5.74, 6) is 1.40. The molecule has 29 heavy (non-hydrogen) atoms. The number of fused-ring (bicyclic) bond motifs is 3. The third kappa shape index (κ3) is 3.48. The van der Waals surface area contributed by atoms with E-state index in [-0.39, 0.29) is 11.7 Å². The summed E-state index contributed by atoms with van der Waals surface area (Å²) in [6.07, 6.45) is 2.48. The molecule has 150 valence electrons. The predicted molar refractivity (Wildman–Crippen MR) is 113 cm³/mol. The standard InChI is InChI=1S/C21H23N5O2S/c1-24-20(27)17-8-2-3-9-18(17)26-19(22-23-21(24)26)14-25(12-15-6-4-10-28-15)13-16-7-5-11-29-16/h2-3,5,7-9,11,15H,4,6,10,12-14H2,1H3. The van der Waals surface area contributed by atoms with Crippen molar-refractivity contribution in [3.63, 3.8) is 0 Å². The van der Waals surface area contributed by atoms with E-state index in [0.717, 1.165) is 43.9 Å². The van der Waals surface area contributed by atoms with Gasteiger partial charge in [-0.25, -0.2) is 0 Å². The van der Waals surface area contributed by atoms with Crippen molar-refractivity contribution in [1.82, 2.24) is 24.1 Å². The Balaban J connectivity index is 1.55. The molecule has 1 unspecified atom stereocenters. The largest absolute Gasteiger partial charge is 0.377 e. The summed E-state index contributed by atoms with van der Waals surface area (Å²) >= 11 is 1.76. The lowest BCUT2D eigenvalue weighted by Gasteiger charge is -2.24. The fourth-order valence-corrected chi connectivity index (χ4v) is 4.82. The number of para-hydroxylation sites is 1. The van der Waals surface area contributed by atoms with Crippen LogP contribution in [0.4, 0.5) is 0 Å². The quantitative estimate of drug-likeness (QED) is 0.490. The van der Waals surface area contributed by atoms with Crippen LogP contribution in [0.5, 0.6) is 0 Å². The number of benzene rings is 1. The molecule has 5 rings (SSSR count). The number of aryl methyl sites for hydroxylation is 1. The minimum absolute atomic E-state index is 0.0538. The van der Waals surface area contributed by atoms with Crippen molar-refractivity contribution < 1.29 is 4.74 Å². The first kappa shape index (κ1) is 18.5. The first-order valence-electron chi connectivity index (χ1n) is 9.89. The summed E-state index contributed by atoms with van der Waals surface area (Å²) in [5.41, 5.74) is 0.792. The van der Waals surface area contributed by atoms with Gasteiger partial charge in [-0.2, -0.15) is 0 Å². The molecule has 1 saturated heterocycles. The van der Waals surface area contributed by atoms with Crippen LogP contribution in [0.3, 0.4) is 0 Å². The van der Waals surface area contributed by atoms with Gasteiger partial charge in [0.05, 0.1) is 23.6 Å². The van der Waals surface area contributed by atoms with Crippen LogP contribution in [-0.4, -0.2) is 43.3 Å². The van der Waals surface area contributed by atoms with Gasteiger partial charge in [-0.1, -0.05) is 18.2 Å². The Morgan fingerprint density at radius 1 is 1.21 bits per heavy atom. The van der Waals surface area contributed by atoms with Gasteiger partial charge in [0, 0.05) is 31.6 Å². The zero-order valence-corrected chi connectivity index (χ0v) is 17.1. The van der Waals surface area contributed by atoms with Crippen LogP contribution in [0.15, 0.2) is 46.6 Å². The van der Waals surface area contributed by atoms with Gasteiger partial charge in [0.2, 0.25) is 5.78 Å². The second-order valence-electron chi connectivity index (χ2n) is 7.52. The van der Waals surface area contributed by atoms with Crippen LogP contribution in [-0.2, 0) is 24.9 Å². The van der Waals surface area contributed by atoms with Crippen molar-refractivity contribution in [2.45, 2.75) is 32.0 Å². The van der Waals surface area contributed by atoms with Crippen LogP contribution < -0.4 is 5.56 Å². The molecular formula is C21H23N5O2S.